The van der Waals surface area contributed by atoms with Crippen molar-refractivity contribution in [3.63, 3.8) is 0 Å². The van der Waals surface area contributed by atoms with Gasteiger partial charge in [-0.3, -0.25) is 4.79 Å². The van der Waals surface area contributed by atoms with Gasteiger partial charge < -0.3 is 15.8 Å². The first-order valence-electron chi connectivity index (χ1n) is 8.61. The van der Waals surface area contributed by atoms with Crippen LogP contribution in [0.2, 0.25) is 0 Å². The van der Waals surface area contributed by atoms with Crippen LogP contribution in [0.25, 0.3) is 0 Å². The minimum atomic E-state index is -2.82. The Labute approximate surface area is 153 Å². The molecule has 1 aliphatic rings. The van der Waals surface area contributed by atoms with Gasteiger partial charge in [-0.2, -0.15) is 8.78 Å². The molecule has 1 unspecified atom stereocenters. The van der Waals surface area contributed by atoms with Crippen molar-refractivity contribution < 1.29 is 18.3 Å². The zero-order chi connectivity index (χ0) is 17.4. The summed E-state index contributed by atoms with van der Waals surface area (Å²) < 4.78 is 28.5. The molecule has 0 bridgehead atoms. The number of aryl methyl sites for hydroxylation is 1. The number of nitrogens with two attached hydrogens (primary N) is 1. The Morgan fingerprint density at radius 3 is 2.40 bits per heavy atom. The summed E-state index contributed by atoms with van der Waals surface area (Å²) in [5, 5.41) is 3.06. The minimum Gasteiger partial charge on any atom is -0.435 e. The van der Waals surface area contributed by atoms with Gasteiger partial charge in [-0.05, 0) is 42.9 Å². The molecule has 1 aromatic rings. The molecule has 4 nitrogen and oxygen atoms in total. The molecular weight excluding hydrogens is 350 g/mol. The van der Waals surface area contributed by atoms with Crippen LogP contribution in [0.5, 0.6) is 5.75 Å². The number of benzene rings is 1. The predicted octanol–water partition coefficient (Wildman–Crippen LogP) is 3.67. The zero-order valence-corrected chi connectivity index (χ0v) is 15.1. The van der Waals surface area contributed by atoms with E-state index in [1.54, 1.807) is 12.1 Å². The maximum Gasteiger partial charge on any atom is 0.387 e. The van der Waals surface area contributed by atoms with E-state index in [2.05, 4.69) is 10.1 Å². The summed E-state index contributed by atoms with van der Waals surface area (Å²) in [7, 11) is 0. The van der Waals surface area contributed by atoms with Crippen LogP contribution in [0.1, 0.15) is 44.1 Å². The van der Waals surface area contributed by atoms with E-state index < -0.39 is 6.61 Å². The standard InChI is InChI=1S/C18H26F2N2O2.ClH/c19-18(20)24-15-9-6-13(7-10-15)8-11-17(23)22-16(12-21)14-4-2-1-3-5-14;/h6-7,9-10,14,16,18H,1-5,8,11-12,21H2,(H,22,23);1H. The molecule has 2 rings (SSSR count). The van der Waals surface area contributed by atoms with Crippen LogP contribution in [0, 0.1) is 5.92 Å². The van der Waals surface area contributed by atoms with Crippen molar-refractivity contribution in [2.45, 2.75) is 57.6 Å². The van der Waals surface area contributed by atoms with Crippen molar-refractivity contribution in [1.82, 2.24) is 5.32 Å². The fourth-order valence-corrected chi connectivity index (χ4v) is 3.28. The monoisotopic (exact) mass is 376 g/mol. The number of hydrogen-bond acceptors (Lipinski definition) is 3. The summed E-state index contributed by atoms with van der Waals surface area (Å²) in [4.78, 5) is 12.2. The molecule has 1 saturated carbocycles. The maximum absolute atomic E-state index is 12.2. The molecule has 142 valence electrons. The molecule has 3 N–H and O–H groups in total. The molecule has 1 aromatic carbocycles. The van der Waals surface area contributed by atoms with E-state index in [9.17, 15) is 13.6 Å². The van der Waals surface area contributed by atoms with E-state index in [0.717, 1.165) is 18.4 Å². The quantitative estimate of drug-likeness (QED) is 0.727. The second kappa shape index (κ2) is 11.3. The lowest BCUT2D eigenvalue weighted by Crippen LogP contribution is -2.45. The lowest BCUT2D eigenvalue weighted by Gasteiger charge is -2.30. The van der Waals surface area contributed by atoms with E-state index in [0.29, 0.717) is 25.3 Å². The van der Waals surface area contributed by atoms with Gasteiger partial charge >= 0.3 is 6.61 Å². The summed E-state index contributed by atoms with van der Waals surface area (Å²) in [5.41, 5.74) is 6.74. The highest BCUT2D eigenvalue weighted by molar-refractivity contribution is 5.85. The van der Waals surface area contributed by atoms with Gasteiger partial charge in [0.2, 0.25) is 5.91 Å². The second-order valence-corrected chi connectivity index (χ2v) is 6.33. The van der Waals surface area contributed by atoms with Crippen molar-refractivity contribution in [2.75, 3.05) is 6.54 Å². The molecule has 1 atom stereocenters. The molecule has 7 heteroatoms. The summed E-state index contributed by atoms with van der Waals surface area (Å²) in [6, 6.07) is 6.44. The third-order valence-electron chi connectivity index (χ3n) is 4.61. The molecule has 0 radical (unpaired) electrons. The van der Waals surface area contributed by atoms with Gasteiger partial charge in [-0.15, -0.1) is 12.4 Å². The normalized spacial score (nSPS) is 16.2. The lowest BCUT2D eigenvalue weighted by atomic mass is 9.84. The van der Waals surface area contributed by atoms with Crippen molar-refractivity contribution in [1.29, 1.82) is 0 Å². The topological polar surface area (TPSA) is 64.3 Å². The van der Waals surface area contributed by atoms with Crippen LogP contribution in [0.3, 0.4) is 0 Å². The molecule has 0 aromatic heterocycles. The number of carbonyl (C=O) groups excluding carboxylic acids is 1. The van der Waals surface area contributed by atoms with Crippen LogP contribution >= 0.6 is 12.4 Å². The average Bonchev–Trinajstić information content (AvgIpc) is 2.59. The number of ether oxygens (including phenoxy) is 1. The summed E-state index contributed by atoms with van der Waals surface area (Å²) in [6.45, 7) is -2.36. The third kappa shape index (κ3) is 7.57. The first kappa shape index (κ1) is 21.6. The highest BCUT2D eigenvalue weighted by Crippen LogP contribution is 2.26. The SMILES string of the molecule is Cl.NCC(NC(=O)CCc1ccc(OC(F)F)cc1)C1CCCCC1. The van der Waals surface area contributed by atoms with Gasteiger partial charge in [0.05, 0.1) is 0 Å². The van der Waals surface area contributed by atoms with Gasteiger partial charge in [0, 0.05) is 19.0 Å². The Hall–Kier alpha value is -1.40. The number of alkyl halides is 2. The Morgan fingerprint density at radius 1 is 1.20 bits per heavy atom. The van der Waals surface area contributed by atoms with Crippen molar-refractivity contribution in [2.24, 2.45) is 11.7 Å². The second-order valence-electron chi connectivity index (χ2n) is 6.33. The number of hydrogen-bond donors (Lipinski definition) is 2. The van der Waals surface area contributed by atoms with Crippen LogP contribution in [0.15, 0.2) is 24.3 Å². The Morgan fingerprint density at radius 2 is 1.84 bits per heavy atom. The van der Waals surface area contributed by atoms with Crippen LogP contribution in [-0.2, 0) is 11.2 Å². The fourth-order valence-electron chi connectivity index (χ4n) is 3.28. The summed E-state index contributed by atoms with van der Waals surface area (Å²) >= 11 is 0. The number of carbonyl (C=O) groups is 1. The molecular formula is C18H27ClF2N2O2. The highest BCUT2D eigenvalue weighted by Gasteiger charge is 2.23. The minimum absolute atomic E-state index is 0. The van der Waals surface area contributed by atoms with E-state index >= 15 is 0 Å². The van der Waals surface area contributed by atoms with Crippen molar-refractivity contribution in [3.8, 4) is 5.75 Å². The molecule has 1 fully saturated rings. The summed E-state index contributed by atoms with van der Waals surface area (Å²) in [6.07, 6.45) is 6.88. The average molecular weight is 377 g/mol. The van der Waals surface area contributed by atoms with E-state index in [-0.39, 0.29) is 30.1 Å². The van der Waals surface area contributed by atoms with E-state index in [1.807, 2.05) is 0 Å². The molecule has 0 saturated heterocycles. The van der Waals surface area contributed by atoms with Gasteiger partial charge in [0.25, 0.3) is 0 Å². The zero-order valence-electron chi connectivity index (χ0n) is 14.3. The largest absolute Gasteiger partial charge is 0.435 e. The Balaban J connectivity index is 0.00000312. The number of rotatable bonds is 8. The third-order valence-corrected chi connectivity index (χ3v) is 4.61. The van der Waals surface area contributed by atoms with Crippen LogP contribution < -0.4 is 15.8 Å². The molecule has 0 heterocycles. The molecule has 25 heavy (non-hydrogen) atoms. The molecule has 0 spiro atoms. The van der Waals surface area contributed by atoms with E-state index in [1.165, 1.54) is 31.4 Å². The number of nitrogens with one attached hydrogen (secondary N) is 1. The lowest BCUT2D eigenvalue weighted by molar-refractivity contribution is -0.122. The Kier molecular flexibility index (Phi) is 9.75. The number of halogens is 3. The van der Waals surface area contributed by atoms with E-state index in [4.69, 9.17) is 5.73 Å². The predicted molar refractivity (Wildman–Crippen MR) is 96.2 cm³/mol. The fraction of sp³-hybridized carbons (Fsp3) is 0.611. The molecule has 1 amide bonds. The maximum atomic E-state index is 12.2. The van der Waals surface area contributed by atoms with Crippen LogP contribution in [0.4, 0.5) is 8.78 Å². The Bertz CT molecular complexity index is 508. The van der Waals surface area contributed by atoms with Crippen LogP contribution in [-0.4, -0.2) is 25.1 Å². The van der Waals surface area contributed by atoms with Gasteiger partial charge in [-0.1, -0.05) is 31.4 Å². The smallest absolute Gasteiger partial charge is 0.387 e. The van der Waals surface area contributed by atoms with Crippen molar-refractivity contribution >= 4 is 18.3 Å². The molecule has 1 aliphatic carbocycles. The molecule has 0 aliphatic heterocycles. The first-order chi connectivity index (χ1) is 11.6. The number of amides is 1. The van der Waals surface area contributed by atoms with Gasteiger partial charge in [0.15, 0.2) is 0 Å². The summed E-state index contributed by atoms with van der Waals surface area (Å²) in [5.74, 6) is 0.598. The van der Waals surface area contributed by atoms with Crippen molar-refractivity contribution in [3.05, 3.63) is 29.8 Å². The van der Waals surface area contributed by atoms with Gasteiger partial charge in [-0.25, -0.2) is 0 Å². The highest BCUT2D eigenvalue weighted by atomic mass is 35.5. The van der Waals surface area contributed by atoms with Gasteiger partial charge in [0.1, 0.15) is 5.75 Å². The first-order valence-corrected chi connectivity index (χ1v) is 8.61.